The molecule has 2 aromatic rings. The smallest absolute Gasteiger partial charge is 0.415 e. The van der Waals surface area contributed by atoms with Crippen molar-refractivity contribution in [2.45, 2.75) is 102 Å². The van der Waals surface area contributed by atoms with Gasteiger partial charge in [0.15, 0.2) is 23.4 Å². The number of hydrogen-bond donors (Lipinski definition) is 2. The second-order valence-corrected chi connectivity index (χ2v) is 16.7. The summed E-state index contributed by atoms with van der Waals surface area (Å²) in [4.78, 5) is 52.8. The van der Waals surface area contributed by atoms with E-state index >= 15 is 0 Å². The van der Waals surface area contributed by atoms with Crippen LogP contribution in [0.25, 0.3) is 0 Å². The summed E-state index contributed by atoms with van der Waals surface area (Å²) in [6.45, 7) is 11.4. The van der Waals surface area contributed by atoms with Gasteiger partial charge in [-0.3, -0.25) is 9.59 Å². The van der Waals surface area contributed by atoms with Crippen LogP contribution >= 0.6 is 0 Å². The van der Waals surface area contributed by atoms with Crippen LogP contribution in [0.5, 0.6) is 17.2 Å². The van der Waals surface area contributed by atoms with Crippen molar-refractivity contribution in [3.8, 4) is 17.2 Å². The van der Waals surface area contributed by atoms with E-state index in [4.69, 9.17) is 18.9 Å². The highest BCUT2D eigenvalue weighted by atomic mass is 16.6. The van der Waals surface area contributed by atoms with Crippen molar-refractivity contribution in [2.75, 3.05) is 40.8 Å². The number of Topliss-reactive ketones (excluding diaryl/α,β-unsaturated/α-hetero) is 1. The molecule has 2 N–H and O–H groups in total. The van der Waals surface area contributed by atoms with Crippen LogP contribution in [0.3, 0.4) is 0 Å². The highest BCUT2D eigenvalue weighted by Gasteiger charge is 2.69. The van der Waals surface area contributed by atoms with E-state index < -0.39 is 29.9 Å². The maximum Gasteiger partial charge on any atom is 0.415 e. The SMILES string of the molecule is COc1ccc2c3c1O[C@H]1C(=O)CC[C@H]4C(C2)[N@@+](C)(Cc2ccc(OC(=O)N(C)CCNC(=O)[C@H](CC(C)C)NC(=O)OC(C)(C)C)cc2)CC[C@]314. The van der Waals surface area contributed by atoms with Crippen molar-refractivity contribution in [3.05, 3.63) is 53.1 Å². The molecule has 1 saturated carbocycles. The summed E-state index contributed by atoms with van der Waals surface area (Å²) in [7, 11) is 5.61. The molecule has 2 aromatic carbocycles. The topological polar surface area (TPSA) is 132 Å². The molecule has 2 heterocycles. The fourth-order valence-corrected chi connectivity index (χ4v) is 9.11. The predicted octanol–water partition coefficient (Wildman–Crippen LogP) is 5.13. The molecular weight excluding hydrogens is 664 g/mol. The minimum atomic E-state index is -0.757. The number of alkyl carbamates (subject to hydrolysis) is 1. The number of methoxy groups -OCH3 is 1. The Labute approximate surface area is 307 Å². The van der Waals surface area contributed by atoms with Gasteiger partial charge in [0.25, 0.3) is 0 Å². The molecule has 52 heavy (non-hydrogen) atoms. The second kappa shape index (κ2) is 14.2. The number of ketones is 1. The lowest BCUT2D eigenvalue weighted by Gasteiger charge is -2.60. The Hall–Kier alpha value is -4.32. The third-order valence-corrected chi connectivity index (χ3v) is 11.4. The molecule has 12 heteroatoms. The number of likely N-dealkylation sites (N-methyl/N-ethyl adjacent to an activating group) is 2. The molecule has 1 saturated heterocycles. The number of likely N-dealkylation sites (tertiary alicyclic amines) is 1. The zero-order chi connectivity index (χ0) is 37.6. The molecule has 0 radical (unpaired) electrons. The van der Waals surface area contributed by atoms with Crippen molar-refractivity contribution < 1.29 is 42.6 Å². The highest BCUT2D eigenvalue weighted by molar-refractivity contribution is 5.89. The van der Waals surface area contributed by atoms with Crippen molar-refractivity contribution in [1.82, 2.24) is 15.5 Å². The number of hydrogen-bond acceptors (Lipinski definition) is 8. The number of ether oxygens (including phenoxy) is 4. The number of carbonyl (C=O) groups is 4. The third-order valence-electron chi connectivity index (χ3n) is 11.4. The predicted molar refractivity (Wildman–Crippen MR) is 194 cm³/mol. The number of piperidine rings is 1. The molecule has 1 spiro atoms. The van der Waals surface area contributed by atoms with Gasteiger partial charge in [0.05, 0.1) is 32.2 Å². The lowest BCUT2D eigenvalue weighted by Crippen LogP contribution is -2.71. The first-order valence-electron chi connectivity index (χ1n) is 18.6. The van der Waals surface area contributed by atoms with E-state index in [9.17, 15) is 19.2 Å². The van der Waals surface area contributed by atoms with Gasteiger partial charge in [-0.15, -0.1) is 0 Å². The first-order valence-corrected chi connectivity index (χ1v) is 18.6. The van der Waals surface area contributed by atoms with Crippen LogP contribution < -0.4 is 24.8 Å². The van der Waals surface area contributed by atoms with E-state index in [1.807, 2.05) is 44.2 Å². The fourth-order valence-electron chi connectivity index (χ4n) is 9.11. The maximum atomic E-state index is 13.3. The van der Waals surface area contributed by atoms with Crippen LogP contribution in [0.4, 0.5) is 9.59 Å². The molecular formula is C40H55N4O8+. The van der Waals surface area contributed by atoms with Gasteiger partial charge in [0.1, 0.15) is 23.9 Å². The summed E-state index contributed by atoms with van der Waals surface area (Å²) in [6.07, 6.45) is 2.06. The molecule has 1 unspecified atom stereocenters. The standard InChI is InChI=1S/C40H54N4O8/c1-24(2)21-29(42-37(47)52-39(3,4)5)36(46)41-18-19-43(6)38(48)50-27-12-9-25(10-13-27)23-44(7)20-17-40-28-14-15-31(45)35(40)51-34-32(49-8)16-11-26(33(34)40)22-30(28)44/h9-13,16,24,28-30,35H,14-15,17-23H2,1-8H3,(H-,41,42,46,47)/p+1/t28-,29-,30?,35-,40-,44+/m0/s1. The number of carbonyl (C=O) groups excluding carboxylic acids is 4. The van der Waals surface area contributed by atoms with E-state index in [-0.39, 0.29) is 36.1 Å². The Balaban J connectivity index is 1.04. The summed E-state index contributed by atoms with van der Waals surface area (Å²) >= 11 is 0. The van der Waals surface area contributed by atoms with Gasteiger partial charge in [0, 0.05) is 56.4 Å². The van der Waals surface area contributed by atoms with Gasteiger partial charge >= 0.3 is 12.2 Å². The zero-order valence-electron chi connectivity index (χ0n) is 31.9. The van der Waals surface area contributed by atoms with E-state index in [1.54, 1.807) is 34.9 Å². The first-order chi connectivity index (χ1) is 24.5. The maximum absolute atomic E-state index is 13.3. The van der Waals surface area contributed by atoms with Gasteiger partial charge in [-0.25, -0.2) is 9.59 Å². The molecule has 2 bridgehead atoms. The van der Waals surface area contributed by atoms with Crippen molar-refractivity contribution in [1.29, 1.82) is 0 Å². The second-order valence-electron chi connectivity index (χ2n) is 16.7. The Kier molecular flexibility index (Phi) is 10.3. The van der Waals surface area contributed by atoms with Crippen LogP contribution in [0.2, 0.25) is 0 Å². The number of nitrogens with one attached hydrogen (secondary N) is 2. The van der Waals surface area contributed by atoms with E-state index in [0.29, 0.717) is 36.3 Å². The van der Waals surface area contributed by atoms with Gasteiger partial charge < -0.3 is 39.0 Å². The monoisotopic (exact) mass is 719 g/mol. The molecule has 3 amide bonds. The molecule has 4 aliphatic rings. The van der Waals surface area contributed by atoms with Crippen molar-refractivity contribution >= 4 is 23.9 Å². The molecule has 2 aliphatic heterocycles. The normalized spacial score (nSPS) is 26.1. The summed E-state index contributed by atoms with van der Waals surface area (Å²) < 4.78 is 24.0. The van der Waals surface area contributed by atoms with Crippen molar-refractivity contribution in [3.63, 3.8) is 0 Å². The Morgan fingerprint density at radius 2 is 1.85 bits per heavy atom. The lowest BCUT2D eigenvalue weighted by atomic mass is 9.51. The van der Waals surface area contributed by atoms with Crippen LogP contribution in [0, 0.1) is 11.8 Å². The number of amides is 3. The highest BCUT2D eigenvalue weighted by Crippen LogP contribution is 2.64. The van der Waals surface area contributed by atoms with Gasteiger partial charge in [-0.05, 0) is 75.4 Å². The third kappa shape index (κ3) is 7.18. The molecule has 282 valence electrons. The van der Waals surface area contributed by atoms with Crippen LogP contribution in [0.15, 0.2) is 36.4 Å². The van der Waals surface area contributed by atoms with E-state index in [2.05, 4.69) is 23.7 Å². The Morgan fingerprint density at radius 1 is 1.12 bits per heavy atom. The summed E-state index contributed by atoms with van der Waals surface area (Å²) in [5.41, 5.74) is 2.69. The fraction of sp³-hybridized carbons (Fsp3) is 0.600. The number of quaternary nitrogens is 1. The molecule has 6 rings (SSSR count). The molecule has 2 aliphatic carbocycles. The average molecular weight is 720 g/mol. The quantitative estimate of drug-likeness (QED) is 0.306. The first kappa shape index (κ1) is 37.4. The summed E-state index contributed by atoms with van der Waals surface area (Å²) in [5, 5.41) is 5.48. The minimum absolute atomic E-state index is 0.165. The number of benzene rings is 2. The molecule has 2 fully saturated rings. The number of nitrogens with zero attached hydrogens (tertiary/aromatic N) is 2. The minimum Gasteiger partial charge on any atom is -0.493 e. The van der Waals surface area contributed by atoms with E-state index in [0.717, 1.165) is 48.1 Å². The van der Waals surface area contributed by atoms with Crippen LogP contribution in [0.1, 0.15) is 77.0 Å². The average Bonchev–Trinajstić information content (AvgIpc) is 3.43. The Bertz CT molecular complexity index is 1700. The largest absolute Gasteiger partial charge is 0.493 e. The Morgan fingerprint density at radius 3 is 2.52 bits per heavy atom. The van der Waals surface area contributed by atoms with Gasteiger partial charge in [0.2, 0.25) is 5.91 Å². The molecule has 12 nitrogen and oxygen atoms in total. The molecule has 6 atom stereocenters. The number of rotatable bonds is 11. The molecule has 0 aromatic heterocycles. The van der Waals surface area contributed by atoms with Gasteiger partial charge in [-0.2, -0.15) is 0 Å². The van der Waals surface area contributed by atoms with Crippen molar-refractivity contribution in [2.24, 2.45) is 11.8 Å². The summed E-state index contributed by atoms with van der Waals surface area (Å²) in [5.74, 6) is 2.31. The van der Waals surface area contributed by atoms with E-state index in [1.165, 1.54) is 16.0 Å². The van der Waals surface area contributed by atoms with Crippen LogP contribution in [-0.4, -0.2) is 97.9 Å². The summed E-state index contributed by atoms with van der Waals surface area (Å²) in [6, 6.07) is 11.4. The van der Waals surface area contributed by atoms with Gasteiger partial charge in [-0.1, -0.05) is 19.9 Å². The lowest BCUT2D eigenvalue weighted by molar-refractivity contribution is -0.957. The zero-order valence-corrected chi connectivity index (χ0v) is 31.9. The van der Waals surface area contributed by atoms with Crippen LogP contribution in [-0.2, 0) is 32.7 Å².